The Morgan fingerprint density at radius 3 is 2.59 bits per heavy atom. The van der Waals surface area contributed by atoms with Crippen LogP contribution in [-0.4, -0.2) is 5.97 Å². The molecule has 2 aromatic rings. The number of para-hydroxylation sites is 1. The second-order valence-electron chi connectivity index (χ2n) is 8.69. The molecule has 3 fully saturated rings. The molecule has 0 amide bonds. The molecule has 6 atom stereocenters. The summed E-state index contributed by atoms with van der Waals surface area (Å²) >= 11 is 0. The van der Waals surface area contributed by atoms with E-state index < -0.39 is 6.10 Å². The number of ether oxygens (including phenoxy) is 2. The van der Waals surface area contributed by atoms with Gasteiger partial charge < -0.3 is 9.47 Å². The van der Waals surface area contributed by atoms with Crippen molar-refractivity contribution >= 4 is 5.97 Å². The van der Waals surface area contributed by atoms with Gasteiger partial charge in [0.05, 0.1) is 5.92 Å². The number of carbonyl (C=O) groups excluding carboxylic acids is 1. The van der Waals surface area contributed by atoms with Gasteiger partial charge in [0.15, 0.2) is 0 Å². The van der Waals surface area contributed by atoms with E-state index in [1.54, 1.807) is 6.07 Å². The lowest BCUT2D eigenvalue weighted by molar-refractivity contribution is -0.154. The van der Waals surface area contributed by atoms with E-state index in [0.29, 0.717) is 29.1 Å². The van der Waals surface area contributed by atoms with E-state index in [9.17, 15) is 10.1 Å². The lowest BCUT2D eigenvalue weighted by Gasteiger charge is -2.30. The Hall–Kier alpha value is -2.80. The summed E-state index contributed by atoms with van der Waals surface area (Å²) in [5.41, 5.74) is 0.649. The smallest absolute Gasteiger partial charge is 0.310 e. The molecule has 4 nitrogen and oxygen atoms in total. The molecule has 2 aromatic carbocycles. The molecule has 0 N–H and O–H groups in total. The zero-order valence-electron chi connectivity index (χ0n) is 16.4. The standard InChI is InChI=1S/C25H25NO3/c26-15-24(16-6-4-9-19(12-16)28-18-7-2-1-3-8-18)29-25(27)23-14-17-13-22(23)21-11-5-10-20(17)21/h1-4,6-9,12,17,20-24H,5,10-11,13-14H2. The van der Waals surface area contributed by atoms with Gasteiger partial charge in [0.25, 0.3) is 0 Å². The van der Waals surface area contributed by atoms with Crippen molar-refractivity contribution < 1.29 is 14.3 Å². The molecule has 3 aliphatic rings. The zero-order valence-corrected chi connectivity index (χ0v) is 16.4. The average Bonchev–Trinajstić information content (AvgIpc) is 3.46. The van der Waals surface area contributed by atoms with E-state index in [-0.39, 0.29) is 11.9 Å². The third-order valence-electron chi connectivity index (χ3n) is 7.22. The van der Waals surface area contributed by atoms with Crippen LogP contribution in [0.5, 0.6) is 11.5 Å². The molecule has 0 spiro atoms. The highest BCUT2D eigenvalue weighted by Gasteiger charge is 2.56. The Kier molecular flexibility index (Phi) is 4.75. The van der Waals surface area contributed by atoms with Crippen molar-refractivity contribution in [2.75, 3.05) is 0 Å². The molecule has 0 aromatic heterocycles. The van der Waals surface area contributed by atoms with Crippen molar-refractivity contribution in [3.63, 3.8) is 0 Å². The molecule has 3 saturated carbocycles. The van der Waals surface area contributed by atoms with Crippen LogP contribution >= 0.6 is 0 Å². The molecule has 3 aliphatic carbocycles. The lowest BCUT2D eigenvalue weighted by atomic mass is 9.76. The third-order valence-corrected chi connectivity index (χ3v) is 7.22. The minimum absolute atomic E-state index is 0.0287. The summed E-state index contributed by atoms with van der Waals surface area (Å²) in [6.45, 7) is 0. The number of hydrogen-bond donors (Lipinski definition) is 0. The Balaban J connectivity index is 1.28. The highest BCUT2D eigenvalue weighted by molar-refractivity contribution is 5.74. The normalized spacial score (nSPS) is 30.4. The monoisotopic (exact) mass is 387 g/mol. The van der Waals surface area contributed by atoms with Gasteiger partial charge in [-0.15, -0.1) is 0 Å². The van der Waals surface area contributed by atoms with Gasteiger partial charge in [0, 0.05) is 5.56 Å². The number of fused-ring (bicyclic) bond motifs is 5. The van der Waals surface area contributed by atoms with Gasteiger partial charge in [-0.1, -0.05) is 36.8 Å². The molecular weight excluding hydrogens is 362 g/mol. The van der Waals surface area contributed by atoms with Gasteiger partial charge in [-0.05, 0) is 73.6 Å². The quantitative estimate of drug-likeness (QED) is 0.621. The van der Waals surface area contributed by atoms with Gasteiger partial charge in [-0.25, -0.2) is 0 Å². The molecular formula is C25H25NO3. The minimum Gasteiger partial charge on any atom is -0.457 e. The first kappa shape index (κ1) is 18.2. The largest absolute Gasteiger partial charge is 0.457 e. The van der Waals surface area contributed by atoms with Crippen LogP contribution in [0, 0.1) is 40.9 Å². The zero-order chi connectivity index (χ0) is 19.8. The van der Waals surface area contributed by atoms with Crippen molar-refractivity contribution in [1.82, 2.24) is 0 Å². The number of nitrogens with zero attached hydrogens (tertiary/aromatic N) is 1. The highest BCUT2D eigenvalue weighted by Crippen LogP contribution is 2.61. The maximum Gasteiger partial charge on any atom is 0.310 e. The van der Waals surface area contributed by atoms with Crippen molar-refractivity contribution in [1.29, 1.82) is 5.26 Å². The molecule has 29 heavy (non-hydrogen) atoms. The molecule has 0 heterocycles. The van der Waals surface area contributed by atoms with Gasteiger partial charge in [-0.2, -0.15) is 5.26 Å². The second-order valence-corrected chi connectivity index (χ2v) is 8.69. The topological polar surface area (TPSA) is 59.3 Å². The summed E-state index contributed by atoms with van der Waals surface area (Å²) < 4.78 is 11.6. The van der Waals surface area contributed by atoms with Crippen LogP contribution in [0.4, 0.5) is 0 Å². The fourth-order valence-electron chi connectivity index (χ4n) is 6.08. The van der Waals surface area contributed by atoms with Crippen molar-refractivity contribution in [2.24, 2.45) is 29.6 Å². The number of carbonyl (C=O) groups is 1. The second kappa shape index (κ2) is 7.55. The van der Waals surface area contributed by atoms with Crippen LogP contribution in [-0.2, 0) is 9.53 Å². The number of rotatable bonds is 5. The van der Waals surface area contributed by atoms with E-state index >= 15 is 0 Å². The first-order chi connectivity index (χ1) is 14.2. The summed E-state index contributed by atoms with van der Waals surface area (Å²) in [5.74, 6) is 3.82. The summed E-state index contributed by atoms with van der Waals surface area (Å²) in [6.07, 6.45) is 5.12. The molecule has 0 radical (unpaired) electrons. The number of hydrogen-bond acceptors (Lipinski definition) is 4. The van der Waals surface area contributed by atoms with Gasteiger partial charge in [0.1, 0.15) is 17.6 Å². The summed E-state index contributed by atoms with van der Waals surface area (Å²) in [4.78, 5) is 12.9. The molecule has 2 bridgehead atoms. The van der Waals surface area contributed by atoms with Crippen LogP contribution in [0.1, 0.15) is 43.8 Å². The molecule has 4 heteroatoms. The maximum atomic E-state index is 12.9. The minimum atomic E-state index is -0.902. The van der Waals surface area contributed by atoms with Crippen LogP contribution in [0.3, 0.4) is 0 Å². The third kappa shape index (κ3) is 3.40. The maximum absolute atomic E-state index is 12.9. The summed E-state index contributed by atoms with van der Waals surface area (Å²) in [7, 11) is 0. The Morgan fingerprint density at radius 2 is 1.76 bits per heavy atom. The Bertz CT molecular complexity index is 935. The highest BCUT2D eigenvalue weighted by atomic mass is 16.5. The summed E-state index contributed by atoms with van der Waals surface area (Å²) in [6, 6.07) is 18.9. The lowest BCUT2D eigenvalue weighted by Crippen LogP contribution is -2.31. The van der Waals surface area contributed by atoms with E-state index in [1.165, 1.54) is 25.7 Å². The molecule has 6 unspecified atom stereocenters. The van der Waals surface area contributed by atoms with Crippen LogP contribution in [0.15, 0.2) is 54.6 Å². The molecule has 148 valence electrons. The number of benzene rings is 2. The van der Waals surface area contributed by atoms with Crippen molar-refractivity contribution in [3.8, 4) is 17.6 Å². The van der Waals surface area contributed by atoms with E-state index in [2.05, 4.69) is 6.07 Å². The van der Waals surface area contributed by atoms with Crippen molar-refractivity contribution in [3.05, 3.63) is 60.2 Å². The fourth-order valence-corrected chi connectivity index (χ4v) is 6.08. The van der Waals surface area contributed by atoms with Crippen LogP contribution in [0.2, 0.25) is 0 Å². The Morgan fingerprint density at radius 1 is 0.966 bits per heavy atom. The predicted molar refractivity (Wildman–Crippen MR) is 108 cm³/mol. The first-order valence-electron chi connectivity index (χ1n) is 10.7. The first-order valence-corrected chi connectivity index (χ1v) is 10.7. The predicted octanol–water partition coefficient (Wildman–Crippen LogP) is 5.66. The van der Waals surface area contributed by atoms with E-state index in [0.717, 1.165) is 18.1 Å². The van der Waals surface area contributed by atoms with Crippen LogP contribution in [0.25, 0.3) is 0 Å². The number of nitriles is 1. The molecule has 0 saturated heterocycles. The fraction of sp³-hybridized carbons (Fsp3) is 0.440. The average molecular weight is 387 g/mol. The van der Waals surface area contributed by atoms with Gasteiger partial charge in [0.2, 0.25) is 6.10 Å². The van der Waals surface area contributed by atoms with E-state index in [4.69, 9.17) is 9.47 Å². The SMILES string of the molecule is N#CC(OC(=O)C1CC2CC1C1CCCC21)c1cccc(Oc2ccccc2)c1. The van der Waals surface area contributed by atoms with Gasteiger partial charge >= 0.3 is 5.97 Å². The van der Waals surface area contributed by atoms with Crippen molar-refractivity contribution in [2.45, 2.75) is 38.2 Å². The molecule has 5 rings (SSSR count). The summed E-state index contributed by atoms with van der Waals surface area (Å²) in [5, 5.41) is 9.67. The number of esters is 1. The molecule has 0 aliphatic heterocycles. The Labute approximate surface area is 171 Å². The van der Waals surface area contributed by atoms with Crippen LogP contribution < -0.4 is 4.74 Å². The van der Waals surface area contributed by atoms with E-state index in [1.807, 2.05) is 48.5 Å². The van der Waals surface area contributed by atoms with Gasteiger partial charge in [-0.3, -0.25) is 4.79 Å².